The Kier molecular flexibility index (Phi) is 3.28. The summed E-state index contributed by atoms with van der Waals surface area (Å²) in [5.41, 5.74) is 2.52. The number of nitrogens with zero attached hydrogens (tertiary/aromatic N) is 1. The molecule has 0 radical (unpaired) electrons. The van der Waals surface area contributed by atoms with Gasteiger partial charge in [0.15, 0.2) is 0 Å². The van der Waals surface area contributed by atoms with Crippen LogP contribution in [0.4, 0.5) is 0 Å². The molecule has 3 rings (SSSR count). The van der Waals surface area contributed by atoms with Crippen molar-refractivity contribution in [2.45, 2.75) is 31.7 Å². The van der Waals surface area contributed by atoms with Crippen LogP contribution >= 0.6 is 0 Å². The normalized spacial score (nSPS) is 16.9. The zero-order valence-corrected chi connectivity index (χ0v) is 10.9. The first-order chi connectivity index (χ1) is 8.86. The van der Waals surface area contributed by atoms with E-state index in [4.69, 9.17) is 0 Å². The van der Waals surface area contributed by atoms with Crippen LogP contribution in [-0.2, 0) is 6.42 Å². The van der Waals surface area contributed by atoms with E-state index in [1.807, 2.05) is 6.20 Å². The maximum atomic E-state index is 4.43. The number of likely N-dealkylation sites (N-methyl/N-ethyl adjacent to an activating group) is 1. The first-order valence-electron chi connectivity index (χ1n) is 6.86. The number of hydrogen-bond donors (Lipinski definition) is 1. The third-order valence-corrected chi connectivity index (χ3v) is 3.93. The van der Waals surface area contributed by atoms with E-state index in [0.29, 0.717) is 6.04 Å². The summed E-state index contributed by atoms with van der Waals surface area (Å²) < 4.78 is 0. The second-order valence-corrected chi connectivity index (χ2v) is 5.36. The zero-order valence-electron chi connectivity index (χ0n) is 10.9. The molecule has 2 aromatic rings. The molecule has 0 spiro atoms. The lowest BCUT2D eigenvalue weighted by Gasteiger charge is -2.16. The first-order valence-corrected chi connectivity index (χ1v) is 6.86. The van der Waals surface area contributed by atoms with Crippen molar-refractivity contribution in [3.63, 3.8) is 0 Å². The molecule has 2 heteroatoms. The lowest BCUT2D eigenvalue weighted by Crippen LogP contribution is -2.28. The minimum Gasteiger partial charge on any atom is -0.317 e. The summed E-state index contributed by atoms with van der Waals surface area (Å²) in [5.74, 6) is 0.968. The number of fused-ring (bicyclic) bond motifs is 1. The number of pyridine rings is 1. The van der Waals surface area contributed by atoms with Crippen molar-refractivity contribution >= 4 is 10.9 Å². The molecular weight excluding hydrogens is 220 g/mol. The number of benzene rings is 1. The number of hydrogen-bond acceptors (Lipinski definition) is 2. The van der Waals surface area contributed by atoms with Gasteiger partial charge in [0, 0.05) is 17.6 Å². The van der Waals surface area contributed by atoms with Crippen LogP contribution in [0.15, 0.2) is 36.5 Å². The summed E-state index contributed by atoms with van der Waals surface area (Å²) in [6.45, 7) is 0. The largest absolute Gasteiger partial charge is 0.317 e. The van der Waals surface area contributed by atoms with E-state index in [0.717, 1.165) is 17.9 Å². The molecule has 1 atom stereocenters. The van der Waals surface area contributed by atoms with Gasteiger partial charge in [-0.1, -0.05) is 31.0 Å². The lowest BCUT2D eigenvalue weighted by molar-refractivity contribution is 0.491. The van der Waals surface area contributed by atoms with Crippen LogP contribution < -0.4 is 5.32 Å². The van der Waals surface area contributed by atoms with E-state index >= 15 is 0 Å². The molecule has 1 aliphatic rings. The maximum absolute atomic E-state index is 4.43. The molecule has 0 saturated heterocycles. The predicted molar refractivity (Wildman–Crippen MR) is 75.6 cm³/mol. The van der Waals surface area contributed by atoms with Crippen LogP contribution in [0.2, 0.25) is 0 Å². The molecule has 1 aromatic carbocycles. The van der Waals surface area contributed by atoms with Crippen molar-refractivity contribution in [3.8, 4) is 0 Å². The van der Waals surface area contributed by atoms with Crippen molar-refractivity contribution < 1.29 is 0 Å². The minimum absolute atomic E-state index is 0.600. The van der Waals surface area contributed by atoms with Gasteiger partial charge in [0.25, 0.3) is 0 Å². The highest BCUT2D eigenvalue weighted by molar-refractivity contribution is 5.81. The molecular formula is C16H20N2. The highest BCUT2D eigenvalue weighted by Crippen LogP contribution is 2.34. The fraction of sp³-hybridized carbons (Fsp3) is 0.438. The number of aromatic nitrogens is 1. The van der Waals surface area contributed by atoms with Gasteiger partial charge in [0.05, 0.1) is 5.52 Å². The smallest absolute Gasteiger partial charge is 0.0704 e. The second-order valence-electron chi connectivity index (χ2n) is 5.36. The van der Waals surface area contributed by atoms with Crippen molar-refractivity contribution in [1.29, 1.82) is 0 Å². The van der Waals surface area contributed by atoms with Crippen LogP contribution in [0.25, 0.3) is 10.9 Å². The van der Waals surface area contributed by atoms with Crippen LogP contribution in [0, 0.1) is 5.92 Å². The monoisotopic (exact) mass is 240 g/mol. The summed E-state index contributed by atoms with van der Waals surface area (Å²) in [7, 11) is 2.08. The van der Waals surface area contributed by atoms with Crippen molar-refractivity contribution in [2.75, 3.05) is 7.05 Å². The molecule has 0 bridgehead atoms. The molecule has 1 aliphatic carbocycles. The summed E-state index contributed by atoms with van der Waals surface area (Å²) in [4.78, 5) is 4.43. The number of nitrogens with one attached hydrogen (secondary N) is 1. The molecule has 1 aromatic heterocycles. The Bertz CT molecular complexity index is 526. The molecule has 94 valence electrons. The lowest BCUT2D eigenvalue weighted by atomic mass is 9.98. The molecule has 1 unspecified atom stereocenters. The third kappa shape index (κ3) is 2.54. The summed E-state index contributed by atoms with van der Waals surface area (Å²) in [6.07, 6.45) is 7.20. The highest BCUT2D eigenvalue weighted by Gasteiger charge is 2.25. The van der Waals surface area contributed by atoms with Gasteiger partial charge in [-0.25, -0.2) is 0 Å². The average Bonchev–Trinajstić information content (AvgIpc) is 3.22. The highest BCUT2D eigenvalue weighted by atomic mass is 14.9. The van der Waals surface area contributed by atoms with Crippen molar-refractivity contribution in [2.24, 2.45) is 5.92 Å². The van der Waals surface area contributed by atoms with Crippen LogP contribution in [-0.4, -0.2) is 18.1 Å². The Morgan fingerprint density at radius 3 is 2.89 bits per heavy atom. The van der Waals surface area contributed by atoms with Crippen LogP contribution in [0.3, 0.4) is 0 Å². The Morgan fingerprint density at radius 2 is 2.11 bits per heavy atom. The minimum atomic E-state index is 0.600. The van der Waals surface area contributed by atoms with Crippen LogP contribution in [0.5, 0.6) is 0 Å². The summed E-state index contributed by atoms with van der Waals surface area (Å²) in [6, 6.07) is 11.2. The molecule has 0 aliphatic heterocycles. The predicted octanol–water partition coefficient (Wildman–Crippen LogP) is 3.17. The molecule has 1 N–H and O–H groups in total. The Labute approximate surface area is 108 Å². The Morgan fingerprint density at radius 1 is 1.28 bits per heavy atom. The summed E-state index contributed by atoms with van der Waals surface area (Å²) >= 11 is 0. The second kappa shape index (κ2) is 5.07. The van der Waals surface area contributed by atoms with Gasteiger partial charge in [0.1, 0.15) is 0 Å². The summed E-state index contributed by atoms with van der Waals surface area (Å²) in [5, 5.41) is 4.77. The Balaban J connectivity index is 1.84. The first kappa shape index (κ1) is 11.7. The molecule has 1 heterocycles. The van der Waals surface area contributed by atoms with E-state index in [-0.39, 0.29) is 0 Å². The number of para-hydroxylation sites is 1. The maximum Gasteiger partial charge on any atom is 0.0704 e. The molecule has 2 nitrogen and oxygen atoms in total. The zero-order chi connectivity index (χ0) is 12.4. The van der Waals surface area contributed by atoms with Gasteiger partial charge in [-0.3, -0.25) is 4.98 Å². The number of rotatable bonds is 5. The van der Waals surface area contributed by atoms with E-state index < -0.39 is 0 Å². The van der Waals surface area contributed by atoms with E-state index in [1.165, 1.54) is 30.2 Å². The van der Waals surface area contributed by atoms with Crippen molar-refractivity contribution in [1.82, 2.24) is 10.3 Å². The van der Waals surface area contributed by atoms with Gasteiger partial charge in [-0.15, -0.1) is 0 Å². The topological polar surface area (TPSA) is 24.9 Å². The van der Waals surface area contributed by atoms with Gasteiger partial charge < -0.3 is 5.32 Å². The van der Waals surface area contributed by atoms with Gasteiger partial charge in [-0.05, 0) is 43.5 Å². The average molecular weight is 240 g/mol. The van der Waals surface area contributed by atoms with Crippen LogP contribution in [0.1, 0.15) is 24.8 Å². The fourth-order valence-electron chi connectivity index (χ4n) is 2.66. The van der Waals surface area contributed by atoms with E-state index in [9.17, 15) is 0 Å². The SMILES string of the molecule is CNC(Cc1ccnc2ccccc12)CC1CC1. The van der Waals surface area contributed by atoms with Gasteiger partial charge >= 0.3 is 0 Å². The van der Waals surface area contributed by atoms with Gasteiger partial charge in [0.2, 0.25) is 0 Å². The molecule has 1 saturated carbocycles. The van der Waals surface area contributed by atoms with Crippen molar-refractivity contribution in [3.05, 3.63) is 42.1 Å². The molecule has 0 amide bonds. The fourth-order valence-corrected chi connectivity index (χ4v) is 2.66. The quantitative estimate of drug-likeness (QED) is 0.868. The van der Waals surface area contributed by atoms with E-state index in [2.05, 4.69) is 47.7 Å². The Hall–Kier alpha value is -1.41. The third-order valence-electron chi connectivity index (χ3n) is 3.93. The molecule has 1 fully saturated rings. The van der Waals surface area contributed by atoms with Gasteiger partial charge in [-0.2, -0.15) is 0 Å². The molecule has 18 heavy (non-hydrogen) atoms. The standard InChI is InChI=1S/C16H20N2/c1-17-14(10-12-6-7-12)11-13-8-9-18-16-5-3-2-4-15(13)16/h2-5,8-9,12,14,17H,6-7,10-11H2,1H3. The van der Waals surface area contributed by atoms with E-state index in [1.54, 1.807) is 0 Å².